The number of thioether (sulfide) groups is 1. The Hall–Kier alpha value is -1.34. The van der Waals surface area contributed by atoms with E-state index >= 15 is 0 Å². The molecule has 0 saturated heterocycles. The van der Waals surface area contributed by atoms with Gasteiger partial charge in [-0.3, -0.25) is 14.2 Å². The molecule has 0 fully saturated rings. The first-order chi connectivity index (χ1) is 10.1. The summed E-state index contributed by atoms with van der Waals surface area (Å²) in [7, 11) is 1.77. The van der Waals surface area contributed by atoms with E-state index in [1.165, 1.54) is 29.1 Å². The summed E-state index contributed by atoms with van der Waals surface area (Å²) in [5.41, 5.74) is 1.28. The fourth-order valence-electron chi connectivity index (χ4n) is 2.60. The van der Waals surface area contributed by atoms with E-state index in [-0.39, 0.29) is 11.5 Å². The molecule has 0 atom stereocenters. The third kappa shape index (κ3) is 2.72. The van der Waals surface area contributed by atoms with Crippen molar-refractivity contribution in [1.29, 1.82) is 0 Å². The van der Waals surface area contributed by atoms with Crippen molar-refractivity contribution in [3.8, 4) is 0 Å². The van der Waals surface area contributed by atoms with Crippen LogP contribution in [0, 0.1) is 0 Å². The number of aromatic nitrogens is 2. The van der Waals surface area contributed by atoms with E-state index in [1.54, 1.807) is 23.0 Å². The Bertz CT molecular complexity index is 764. The molecule has 0 unspecified atom stereocenters. The zero-order valence-corrected chi connectivity index (χ0v) is 13.7. The van der Waals surface area contributed by atoms with Gasteiger partial charge in [-0.05, 0) is 24.8 Å². The minimum Gasteiger partial charge on any atom is -0.356 e. The quantitative estimate of drug-likeness (QED) is 0.528. The molecule has 0 spiro atoms. The van der Waals surface area contributed by atoms with Crippen LogP contribution in [0.5, 0.6) is 0 Å². The van der Waals surface area contributed by atoms with Crippen molar-refractivity contribution in [2.75, 3.05) is 12.3 Å². The standard InChI is InChI=1S/C14H17N3O2S2/c1-8(18)15-6-7-20-14-16-12-11(13(19)17(14)2)9-4-3-5-10(9)21-12/h3-7H2,1-2H3,(H,15,18). The third-order valence-corrected chi connectivity index (χ3v) is 5.83. The van der Waals surface area contributed by atoms with E-state index in [9.17, 15) is 9.59 Å². The van der Waals surface area contributed by atoms with Gasteiger partial charge < -0.3 is 5.32 Å². The van der Waals surface area contributed by atoms with Gasteiger partial charge in [0.15, 0.2) is 5.16 Å². The molecule has 0 radical (unpaired) electrons. The van der Waals surface area contributed by atoms with Crippen LogP contribution in [0.1, 0.15) is 23.8 Å². The fraction of sp³-hybridized carbons (Fsp3) is 0.500. The smallest absolute Gasteiger partial charge is 0.262 e. The van der Waals surface area contributed by atoms with Crippen LogP contribution >= 0.6 is 23.1 Å². The zero-order valence-electron chi connectivity index (χ0n) is 12.1. The Balaban J connectivity index is 1.89. The van der Waals surface area contributed by atoms with Gasteiger partial charge in [-0.2, -0.15) is 0 Å². The first kappa shape index (κ1) is 14.6. The predicted octanol–water partition coefficient (Wildman–Crippen LogP) is 1.71. The molecule has 1 amide bonds. The molecule has 5 nitrogen and oxygen atoms in total. The largest absolute Gasteiger partial charge is 0.356 e. The molecule has 1 aliphatic carbocycles. The van der Waals surface area contributed by atoms with Gasteiger partial charge in [0.1, 0.15) is 4.83 Å². The first-order valence-corrected chi connectivity index (χ1v) is 8.76. The number of aryl methyl sites for hydroxylation is 2. The van der Waals surface area contributed by atoms with Gasteiger partial charge in [-0.1, -0.05) is 11.8 Å². The van der Waals surface area contributed by atoms with E-state index in [0.29, 0.717) is 12.3 Å². The topological polar surface area (TPSA) is 64.0 Å². The Labute approximate surface area is 130 Å². The molecule has 1 aliphatic rings. The Morgan fingerprint density at radius 2 is 2.29 bits per heavy atom. The minimum atomic E-state index is -0.0393. The Morgan fingerprint density at radius 1 is 1.48 bits per heavy atom. The average Bonchev–Trinajstić information content (AvgIpc) is 2.99. The van der Waals surface area contributed by atoms with Crippen molar-refractivity contribution in [3.05, 3.63) is 20.8 Å². The van der Waals surface area contributed by atoms with Crippen molar-refractivity contribution >= 4 is 39.2 Å². The van der Waals surface area contributed by atoms with Crippen LogP contribution in [0.25, 0.3) is 10.2 Å². The summed E-state index contributed by atoms with van der Waals surface area (Å²) in [6.07, 6.45) is 3.22. The van der Waals surface area contributed by atoms with Gasteiger partial charge in [0, 0.05) is 31.1 Å². The fourth-order valence-corrected chi connectivity index (χ4v) is 4.73. The Kier molecular flexibility index (Phi) is 4.03. The van der Waals surface area contributed by atoms with Crippen molar-refractivity contribution in [3.63, 3.8) is 0 Å². The Morgan fingerprint density at radius 3 is 3.05 bits per heavy atom. The summed E-state index contributed by atoms with van der Waals surface area (Å²) < 4.78 is 1.63. The van der Waals surface area contributed by atoms with E-state index in [4.69, 9.17) is 0 Å². The molecular formula is C14H17N3O2S2. The van der Waals surface area contributed by atoms with Crippen LogP contribution in [-0.4, -0.2) is 27.8 Å². The molecule has 0 saturated carbocycles. The predicted molar refractivity (Wildman–Crippen MR) is 86.3 cm³/mol. The summed E-state index contributed by atoms with van der Waals surface area (Å²) in [4.78, 5) is 30.2. The van der Waals surface area contributed by atoms with Gasteiger partial charge in [0.2, 0.25) is 5.91 Å². The summed E-state index contributed by atoms with van der Waals surface area (Å²) in [6.45, 7) is 2.08. The molecule has 3 rings (SSSR count). The molecule has 7 heteroatoms. The van der Waals surface area contributed by atoms with E-state index in [0.717, 1.165) is 34.6 Å². The summed E-state index contributed by atoms with van der Waals surface area (Å²) >= 11 is 3.16. The molecular weight excluding hydrogens is 306 g/mol. The maximum Gasteiger partial charge on any atom is 0.262 e. The summed E-state index contributed by atoms with van der Waals surface area (Å²) in [6, 6.07) is 0. The van der Waals surface area contributed by atoms with Gasteiger partial charge in [0.25, 0.3) is 5.56 Å². The number of amides is 1. The highest BCUT2D eigenvalue weighted by Gasteiger charge is 2.22. The number of rotatable bonds is 4. The lowest BCUT2D eigenvalue weighted by molar-refractivity contribution is -0.118. The molecule has 21 heavy (non-hydrogen) atoms. The van der Waals surface area contributed by atoms with Crippen LogP contribution in [0.15, 0.2) is 9.95 Å². The number of nitrogens with one attached hydrogen (secondary N) is 1. The van der Waals surface area contributed by atoms with Crippen LogP contribution in [0.2, 0.25) is 0 Å². The normalized spacial score (nSPS) is 13.6. The number of carbonyl (C=O) groups excluding carboxylic acids is 1. The van der Waals surface area contributed by atoms with Crippen LogP contribution < -0.4 is 10.9 Å². The van der Waals surface area contributed by atoms with Crippen molar-refractivity contribution in [2.24, 2.45) is 7.05 Å². The van der Waals surface area contributed by atoms with Crippen molar-refractivity contribution < 1.29 is 4.79 Å². The number of nitrogens with zero attached hydrogens (tertiary/aromatic N) is 2. The highest BCUT2D eigenvalue weighted by Crippen LogP contribution is 2.35. The maximum absolute atomic E-state index is 12.6. The van der Waals surface area contributed by atoms with Gasteiger partial charge >= 0.3 is 0 Å². The molecule has 0 bridgehead atoms. The van der Waals surface area contributed by atoms with E-state index in [2.05, 4.69) is 10.3 Å². The number of hydrogen-bond donors (Lipinski definition) is 1. The molecule has 1 N–H and O–H groups in total. The summed E-state index contributed by atoms with van der Waals surface area (Å²) in [5, 5.41) is 4.29. The van der Waals surface area contributed by atoms with E-state index < -0.39 is 0 Å². The van der Waals surface area contributed by atoms with Crippen LogP contribution in [0.3, 0.4) is 0 Å². The summed E-state index contributed by atoms with van der Waals surface area (Å²) in [5.74, 6) is 0.666. The van der Waals surface area contributed by atoms with Gasteiger partial charge in [-0.25, -0.2) is 4.98 Å². The van der Waals surface area contributed by atoms with Gasteiger partial charge in [0.05, 0.1) is 5.39 Å². The molecule has 2 aromatic rings. The SMILES string of the molecule is CC(=O)NCCSc1nc2sc3c(c2c(=O)n1C)CCC3. The molecule has 112 valence electrons. The van der Waals surface area contributed by atoms with Crippen LogP contribution in [-0.2, 0) is 24.7 Å². The van der Waals surface area contributed by atoms with Gasteiger partial charge in [-0.15, -0.1) is 11.3 Å². The molecule has 0 aromatic carbocycles. The molecule has 0 aliphatic heterocycles. The minimum absolute atomic E-state index is 0.0393. The second-order valence-corrected chi connectivity index (χ2v) is 7.27. The highest BCUT2D eigenvalue weighted by molar-refractivity contribution is 7.99. The molecule has 2 heterocycles. The number of thiophene rings is 1. The monoisotopic (exact) mass is 323 g/mol. The van der Waals surface area contributed by atoms with Crippen molar-refractivity contribution in [2.45, 2.75) is 31.3 Å². The first-order valence-electron chi connectivity index (χ1n) is 6.96. The second kappa shape index (κ2) is 5.81. The number of hydrogen-bond acceptors (Lipinski definition) is 5. The van der Waals surface area contributed by atoms with Crippen LogP contribution in [0.4, 0.5) is 0 Å². The lowest BCUT2D eigenvalue weighted by Gasteiger charge is -2.07. The maximum atomic E-state index is 12.6. The third-order valence-electron chi connectivity index (χ3n) is 3.61. The van der Waals surface area contributed by atoms with Crippen molar-refractivity contribution in [1.82, 2.24) is 14.9 Å². The second-order valence-electron chi connectivity index (χ2n) is 5.13. The highest BCUT2D eigenvalue weighted by atomic mass is 32.2. The van der Waals surface area contributed by atoms with E-state index in [1.807, 2.05) is 0 Å². The zero-order chi connectivity index (χ0) is 15.0. The average molecular weight is 323 g/mol. The lowest BCUT2D eigenvalue weighted by atomic mass is 10.2. The lowest BCUT2D eigenvalue weighted by Crippen LogP contribution is -2.23. The number of carbonyl (C=O) groups is 1. The molecule has 2 aromatic heterocycles. The number of fused-ring (bicyclic) bond motifs is 3.